The lowest BCUT2D eigenvalue weighted by Crippen LogP contribution is -2.36. The Morgan fingerprint density at radius 1 is 1.32 bits per heavy atom. The van der Waals surface area contributed by atoms with E-state index < -0.39 is 9.84 Å². The van der Waals surface area contributed by atoms with Crippen molar-refractivity contribution in [3.05, 3.63) is 16.5 Å². The van der Waals surface area contributed by atoms with Gasteiger partial charge < -0.3 is 9.88 Å². The first-order valence-electron chi connectivity index (χ1n) is 10.7. The first-order chi connectivity index (χ1) is 14.5. The van der Waals surface area contributed by atoms with Crippen molar-refractivity contribution in [1.82, 2.24) is 20.1 Å². The van der Waals surface area contributed by atoms with Crippen LogP contribution in [0.1, 0.15) is 44.1 Å². The van der Waals surface area contributed by atoms with Crippen LogP contribution in [0.25, 0.3) is 10.7 Å². The minimum absolute atomic E-state index is 0.0383. The second-order valence-corrected chi connectivity index (χ2v) is 14.0. The van der Waals surface area contributed by atoms with E-state index >= 15 is 0 Å². The van der Waals surface area contributed by atoms with Crippen LogP contribution in [-0.2, 0) is 34.5 Å². The average molecular weight is 483 g/mol. The topological polar surface area (TPSA) is 94.0 Å². The van der Waals surface area contributed by atoms with Crippen LogP contribution in [0.4, 0.5) is 0 Å². The third kappa shape index (κ3) is 5.17. The first kappa shape index (κ1) is 22.8. The molecular weight excluding hydrogens is 452 g/mol. The fourth-order valence-electron chi connectivity index (χ4n) is 4.34. The van der Waals surface area contributed by atoms with Gasteiger partial charge >= 0.3 is 0 Å². The predicted molar refractivity (Wildman–Crippen MR) is 125 cm³/mol. The van der Waals surface area contributed by atoms with E-state index in [1.54, 1.807) is 11.3 Å². The van der Waals surface area contributed by atoms with Gasteiger partial charge in [-0.05, 0) is 48.6 Å². The summed E-state index contributed by atoms with van der Waals surface area (Å²) >= 11 is 3.13. The smallest absolute Gasteiger partial charge is 0.230 e. The molecule has 170 valence electrons. The minimum atomic E-state index is -3.00. The zero-order chi connectivity index (χ0) is 22.4. The number of hydrogen-bond donors (Lipinski definition) is 1. The second-order valence-electron chi connectivity index (χ2n) is 9.69. The maximum Gasteiger partial charge on any atom is 0.230 e. The van der Waals surface area contributed by atoms with Crippen molar-refractivity contribution in [3.8, 4) is 10.7 Å². The third-order valence-electron chi connectivity index (χ3n) is 6.29. The molecule has 1 N–H and O–H groups in total. The zero-order valence-electron chi connectivity index (χ0n) is 18.5. The van der Waals surface area contributed by atoms with Crippen LogP contribution < -0.4 is 5.32 Å². The molecule has 4 rings (SSSR count). The molecule has 0 bridgehead atoms. The number of nitrogens with one attached hydrogen (secondary N) is 1. The summed E-state index contributed by atoms with van der Waals surface area (Å²) in [6, 6.07) is 1.99. The van der Waals surface area contributed by atoms with E-state index in [0.29, 0.717) is 22.9 Å². The van der Waals surface area contributed by atoms with Crippen LogP contribution in [0.5, 0.6) is 0 Å². The van der Waals surface area contributed by atoms with Crippen molar-refractivity contribution in [3.63, 3.8) is 0 Å². The van der Waals surface area contributed by atoms with Crippen LogP contribution in [0.2, 0.25) is 0 Å². The summed E-state index contributed by atoms with van der Waals surface area (Å²) in [4.78, 5) is 14.8. The molecule has 2 unspecified atom stereocenters. The number of nitrogens with zero attached hydrogens (tertiary/aromatic N) is 3. The highest BCUT2D eigenvalue weighted by Gasteiger charge is 2.31. The number of hydrogen-bond acceptors (Lipinski definition) is 7. The highest BCUT2D eigenvalue weighted by atomic mass is 32.2. The third-order valence-corrected chi connectivity index (χ3v) is 10.3. The fraction of sp³-hybridized carbons (Fsp3) is 0.667. The Bertz CT molecular complexity index is 1080. The molecule has 1 aliphatic carbocycles. The summed E-state index contributed by atoms with van der Waals surface area (Å²) in [5.74, 6) is 1.74. The molecule has 2 aliphatic rings. The van der Waals surface area contributed by atoms with E-state index in [0.717, 1.165) is 23.5 Å². The molecule has 2 aromatic heterocycles. The highest BCUT2D eigenvalue weighted by molar-refractivity contribution is 7.99. The largest absolute Gasteiger partial charge is 0.352 e. The molecule has 0 radical (unpaired) electrons. The van der Waals surface area contributed by atoms with Gasteiger partial charge in [0.25, 0.3) is 0 Å². The standard InChI is InChI=1S/C21H30N4O3S3/c1-21(2,3)14-5-6-16-13(9-14)10-17(30-16)19-23-24-20(25(19)4)29-11-18(26)22-15-7-8-31(27,28)12-15/h10,14-15H,5-9,11-12H2,1-4H3,(H,22,26). The number of fused-ring (bicyclic) bond motifs is 1. The van der Waals surface area contributed by atoms with E-state index in [4.69, 9.17) is 0 Å². The lowest BCUT2D eigenvalue weighted by Gasteiger charge is -2.33. The van der Waals surface area contributed by atoms with Gasteiger partial charge in [0.05, 0.1) is 22.1 Å². The lowest BCUT2D eigenvalue weighted by atomic mass is 9.72. The number of aromatic nitrogens is 3. The molecule has 10 heteroatoms. The monoisotopic (exact) mass is 482 g/mol. The number of thioether (sulfide) groups is 1. The van der Waals surface area contributed by atoms with E-state index in [9.17, 15) is 13.2 Å². The van der Waals surface area contributed by atoms with Gasteiger partial charge in [-0.15, -0.1) is 21.5 Å². The minimum Gasteiger partial charge on any atom is -0.352 e. The normalized spacial score (nSPS) is 23.0. The summed E-state index contributed by atoms with van der Waals surface area (Å²) in [5.41, 5.74) is 1.76. The summed E-state index contributed by atoms with van der Waals surface area (Å²) in [7, 11) is -1.08. The zero-order valence-corrected chi connectivity index (χ0v) is 20.9. The van der Waals surface area contributed by atoms with Crippen molar-refractivity contribution in [2.75, 3.05) is 17.3 Å². The van der Waals surface area contributed by atoms with Crippen LogP contribution in [0.3, 0.4) is 0 Å². The molecule has 31 heavy (non-hydrogen) atoms. The molecule has 7 nitrogen and oxygen atoms in total. The molecule has 1 amide bonds. The molecule has 2 atom stereocenters. The SMILES string of the molecule is Cn1c(SCC(=O)NC2CCS(=O)(=O)C2)nnc1-c1cc2c(s1)CCC(C(C)(C)C)C2. The molecule has 0 aromatic carbocycles. The van der Waals surface area contributed by atoms with Crippen LogP contribution >= 0.6 is 23.1 Å². The Kier molecular flexibility index (Phi) is 6.26. The number of amides is 1. The van der Waals surface area contributed by atoms with Gasteiger partial charge in [0.1, 0.15) is 0 Å². The number of carbonyl (C=O) groups is 1. The second kappa shape index (κ2) is 8.51. The Balaban J connectivity index is 1.39. The van der Waals surface area contributed by atoms with Crippen molar-refractivity contribution < 1.29 is 13.2 Å². The van der Waals surface area contributed by atoms with Gasteiger partial charge in [-0.1, -0.05) is 32.5 Å². The van der Waals surface area contributed by atoms with E-state index in [1.165, 1.54) is 28.6 Å². The summed E-state index contributed by atoms with van der Waals surface area (Å²) in [6.45, 7) is 6.97. The Morgan fingerprint density at radius 2 is 2.10 bits per heavy atom. The van der Waals surface area contributed by atoms with Gasteiger partial charge in [0.15, 0.2) is 20.8 Å². The first-order valence-corrected chi connectivity index (χ1v) is 14.3. The molecular formula is C21H30N4O3S3. The Morgan fingerprint density at radius 3 is 2.77 bits per heavy atom. The van der Waals surface area contributed by atoms with Gasteiger partial charge in [-0.25, -0.2) is 8.42 Å². The number of sulfone groups is 1. The van der Waals surface area contributed by atoms with E-state index in [1.807, 2.05) is 11.6 Å². The molecule has 2 aromatic rings. The highest BCUT2D eigenvalue weighted by Crippen LogP contribution is 2.42. The summed E-state index contributed by atoms with van der Waals surface area (Å²) < 4.78 is 25.0. The van der Waals surface area contributed by atoms with Crippen molar-refractivity contribution in [2.24, 2.45) is 18.4 Å². The maximum absolute atomic E-state index is 12.2. The summed E-state index contributed by atoms with van der Waals surface area (Å²) in [6.07, 6.45) is 3.96. The van der Waals surface area contributed by atoms with Gasteiger partial charge in [0, 0.05) is 18.0 Å². The lowest BCUT2D eigenvalue weighted by molar-refractivity contribution is -0.119. The quantitative estimate of drug-likeness (QED) is 0.658. The van der Waals surface area contributed by atoms with E-state index in [2.05, 4.69) is 42.4 Å². The van der Waals surface area contributed by atoms with Gasteiger partial charge in [-0.3, -0.25) is 4.79 Å². The maximum atomic E-state index is 12.2. The van der Waals surface area contributed by atoms with Crippen LogP contribution in [-0.4, -0.2) is 52.4 Å². The Labute approximate surface area is 192 Å². The molecule has 1 saturated heterocycles. The molecule has 0 spiro atoms. The summed E-state index contributed by atoms with van der Waals surface area (Å²) in [5, 5.41) is 12.2. The van der Waals surface area contributed by atoms with Crippen LogP contribution in [0.15, 0.2) is 11.2 Å². The molecule has 3 heterocycles. The van der Waals surface area contributed by atoms with Gasteiger partial charge in [0.2, 0.25) is 5.91 Å². The average Bonchev–Trinajstić information content (AvgIpc) is 3.35. The Hall–Kier alpha value is -1.39. The number of rotatable bonds is 5. The van der Waals surface area contributed by atoms with Crippen LogP contribution in [0, 0.1) is 11.3 Å². The van der Waals surface area contributed by atoms with Crippen molar-refractivity contribution >= 4 is 38.8 Å². The number of carbonyl (C=O) groups excluding carboxylic acids is 1. The predicted octanol–water partition coefficient (Wildman–Crippen LogP) is 3.09. The molecule has 1 aliphatic heterocycles. The number of aryl methyl sites for hydroxylation is 1. The van der Waals surface area contributed by atoms with Crippen molar-refractivity contribution in [2.45, 2.75) is 57.7 Å². The molecule has 1 fully saturated rings. The van der Waals surface area contributed by atoms with Crippen molar-refractivity contribution in [1.29, 1.82) is 0 Å². The fourth-order valence-corrected chi connectivity index (χ4v) is 7.96. The molecule has 0 saturated carbocycles. The number of thiophene rings is 1. The van der Waals surface area contributed by atoms with E-state index in [-0.39, 0.29) is 29.2 Å². The van der Waals surface area contributed by atoms with Gasteiger partial charge in [-0.2, -0.15) is 0 Å².